The Morgan fingerprint density at radius 1 is 1.41 bits per heavy atom. The predicted octanol–water partition coefficient (Wildman–Crippen LogP) is 1.88. The Hall–Kier alpha value is -1.70. The zero-order chi connectivity index (χ0) is 13.2. The van der Waals surface area contributed by atoms with E-state index in [0.717, 1.165) is 18.2 Å². The normalized spacial score (nSPS) is 11.5. The second-order valence-corrected chi connectivity index (χ2v) is 5.82. The van der Waals surface area contributed by atoms with Crippen LogP contribution in [-0.4, -0.2) is 18.6 Å². The topological polar surface area (TPSA) is 89.3 Å². The van der Waals surface area contributed by atoms with Crippen molar-refractivity contribution < 1.29 is 17.7 Å². The van der Waals surface area contributed by atoms with Crippen LogP contribution in [0, 0.1) is 15.9 Å². The van der Waals surface area contributed by atoms with Gasteiger partial charge in [-0.05, 0) is 19.9 Å². The number of hydrogen-bond donors (Lipinski definition) is 1. The fourth-order valence-electron chi connectivity index (χ4n) is 1.03. The third-order valence-corrected chi connectivity index (χ3v) is 3.78. The van der Waals surface area contributed by atoms with Gasteiger partial charge in [-0.15, -0.1) is 0 Å². The van der Waals surface area contributed by atoms with Gasteiger partial charge in [0.1, 0.15) is 0 Å². The third-order valence-electron chi connectivity index (χ3n) is 2.05. The van der Waals surface area contributed by atoms with E-state index in [4.69, 9.17) is 0 Å². The van der Waals surface area contributed by atoms with Crippen LogP contribution in [0.15, 0.2) is 18.2 Å². The van der Waals surface area contributed by atoms with Gasteiger partial charge in [-0.3, -0.25) is 14.8 Å². The van der Waals surface area contributed by atoms with E-state index in [1.165, 1.54) is 13.8 Å². The molecule has 0 heterocycles. The standard InChI is InChI=1S/C9H11FN2O4S/c1-6(2)17(15,16)11-9-7(10)4-3-5-8(9)12(13)14/h3-6,11H,1-2H3. The number of nitrogens with one attached hydrogen (secondary N) is 1. The largest absolute Gasteiger partial charge is 0.296 e. The number of sulfonamides is 1. The molecule has 6 nitrogen and oxygen atoms in total. The van der Waals surface area contributed by atoms with Crippen LogP contribution in [0.1, 0.15) is 13.8 Å². The van der Waals surface area contributed by atoms with Crippen molar-refractivity contribution >= 4 is 21.4 Å². The highest BCUT2D eigenvalue weighted by Crippen LogP contribution is 2.28. The van der Waals surface area contributed by atoms with Gasteiger partial charge < -0.3 is 0 Å². The molecule has 1 aromatic rings. The minimum absolute atomic E-state index is 0.616. The van der Waals surface area contributed by atoms with Crippen LogP contribution in [0.25, 0.3) is 0 Å². The van der Waals surface area contributed by atoms with E-state index >= 15 is 0 Å². The molecule has 0 saturated heterocycles. The van der Waals surface area contributed by atoms with Crippen molar-refractivity contribution in [2.24, 2.45) is 0 Å². The fraction of sp³-hybridized carbons (Fsp3) is 0.333. The summed E-state index contributed by atoms with van der Waals surface area (Å²) in [5.41, 5.74) is -1.25. The lowest BCUT2D eigenvalue weighted by Gasteiger charge is -2.11. The number of hydrogen-bond acceptors (Lipinski definition) is 4. The highest BCUT2D eigenvalue weighted by Gasteiger charge is 2.24. The summed E-state index contributed by atoms with van der Waals surface area (Å²) in [5.74, 6) is -0.983. The molecule has 0 spiro atoms. The smallest absolute Gasteiger partial charge is 0.274 e. The molecule has 0 radical (unpaired) electrons. The van der Waals surface area contributed by atoms with Crippen LogP contribution in [0.3, 0.4) is 0 Å². The molecule has 17 heavy (non-hydrogen) atoms. The first-order valence-corrected chi connectivity index (χ1v) is 6.25. The summed E-state index contributed by atoms with van der Waals surface area (Å²) in [6.07, 6.45) is 0. The highest BCUT2D eigenvalue weighted by atomic mass is 32.2. The molecule has 0 aliphatic carbocycles. The molecule has 0 unspecified atom stereocenters. The van der Waals surface area contributed by atoms with Crippen molar-refractivity contribution in [3.8, 4) is 0 Å². The second kappa shape index (κ2) is 4.66. The van der Waals surface area contributed by atoms with Crippen LogP contribution in [-0.2, 0) is 10.0 Å². The van der Waals surface area contributed by atoms with Gasteiger partial charge in [0.15, 0.2) is 11.5 Å². The molecule has 1 aromatic carbocycles. The van der Waals surface area contributed by atoms with Gasteiger partial charge in [-0.25, -0.2) is 12.8 Å². The zero-order valence-electron chi connectivity index (χ0n) is 9.18. The van der Waals surface area contributed by atoms with Gasteiger partial charge in [0.25, 0.3) is 5.69 Å². The van der Waals surface area contributed by atoms with Gasteiger partial charge in [-0.1, -0.05) is 6.07 Å². The van der Waals surface area contributed by atoms with Gasteiger partial charge in [0, 0.05) is 6.07 Å². The Balaban J connectivity index is 3.28. The van der Waals surface area contributed by atoms with Crippen molar-refractivity contribution in [1.82, 2.24) is 0 Å². The number of nitrogens with zero attached hydrogens (tertiary/aromatic N) is 1. The first kappa shape index (κ1) is 13.4. The molecular weight excluding hydrogens is 251 g/mol. The summed E-state index contributed by atoms with van der Waals surface area (Å²) in [6, 6.07) is 3.12. The quantitative estimate of drug-likeness (QED) is 0.662. The van der Waals surface area contributed by atoms with Crippen molar-refractivity contribution in [3.63, 3.8) is 0 Å². The lowest BCUT2D eigenvalue weighted by Crippen LogP contribution is -2.23. The molecular formula is C9H11FN2O4S. The number of para-hydroxylation sites is 1. The molecule has 0 atom stereocenters. The molecule has 8 heteroatoms. The number of anilines is 1. The summed E-state index contributed by atoms with van der Waals surface area (Å²) in [5, 5.41) is 9.82. The minimum Gasteiger partial charge on any atom is -0.274 e. The van der Waals surface area contributed by atoms with E-state index in [-0.39, 0.29) is 0 Å². The summed E-state index contributed by atoms with van der Waals surface area (Å²) >= 11 is 0. The average molecular weight is 262 g/mol. The van der Waals surface area contributed by atoms with Crippen LogP contribution < -0.4 is 4.72 Å². The van der Waals surface area contributed by atoms with Crippen molar-refractivity contribution in [3.05, 3.63) is 34.1 Å². The van der Waals surface area contributed by atoms with Gasteiger partial charge in [-0.2, -0.15) is 0 Å². The molecule has 0 aliphatic heterocycles. The van der Waals surface area contributed by atoms with Crippen LogP contribution in [0.4, 0.5) is 15.8 Å². The Morgan fingerprint density at radius 2 is 2.00 bits per heavy atom. The average Bonchev–Trinajstić information content (AvgIpc) is 2.20. The van der Waals surface area contributed by atoms with E-state index in [2.05, 4.69) is 0 Å². The molecule has 0 bridgehead atoms. The Morgan fingerprint density at radius 3 is 2.47 bits per heavy atom. The summed E-state index contributed by atoms with van der Waals surface area (Å²) < 4.78 is 38.3. The third kappa shape index (κ3) is 2.90. The summed E-state index contributed by atoms with van der Waals surface area (Å²) in [6.45, 7) is 2.77. The number of halogens is 1. The maximum Gasteiger partial charge on any atom is 0.296 e. The Kier molecular flexibility index (Phi) is 3.66. The molecule has 1 N–H and O–H groups in total. The Bertz CT molecular complexity index is 542. The van der Waals surface area contributed by atoms with Crippen molar-refractivity contribution in [2.45, 2.75) is 19.1 Å². The maximum absolute atomic E-state index is 13.4. The first-order valence-electron chi connectivity index (χ1n) is 4.70. The van der Waals surface area contributed by atoms with Crippen molar-refractivity contribution in [2.75, 3.05) is 4.72 Å². The number of nitro benzene ring substituents is 1. The highest BCUT2D eigenvalue weighted by molar-refractivity contribution is 7.93. The van der Waals surface area contributed by atoms with Crippen LogP contribution in [0.2, 0.25) is 0 Å². The Labute approximate surface area is 97.7 Å². The van der Waals surface area contributed by atoms with Crippen LogP contribution >= 0.6 is 0 Å². The zero-order valence-corrected chi connectivity index (χ0v) is 9.99. The number of nitro groups is 1. The van der Waals surface area contributed by atoms with Crippen molar-refractivity contribution in [1.29, 1.82) is 0 Å². The monoisotopic (exact) mass is 262 g/mol. The molecule has 0 aliphatic rings. The van der Waals surface area contributed by atoms with E-state index < -0.39 is 37.4 Å². The SMILES string of the molecule is CC(C)S(=O)(=O)Nc1c(F)cccc1[N+](=O)[O-]. The molecule has 94 valence electrons. The first-order chi connectivity index (χ1) is 7.75. The van der Waals surface area contributed by atoms with E-state index in [0.29, 0.717) is 0 Å². The van der Waals surface area contributed by atoms with Gasteiger partial charge >= 0.3 is 0 Å². The molecule has 0 aromatic heterocycles. The van der Waals surface area contributed by atoms with Gasteiger partial charge in [0.05, 0.1) is 10.2 Å². The molecule has 0 amide bonds. The lowest BCUT2D eigenvalue weighted by atomic mass is 10.2. The van der Waals surface area contributed by atoms with Gasteiger partial charge in [0.2, 0.25) is 10.0 Å². The summed E-state index contributed by atoms with van der Waals surface area (Å²) in [4.78, 5) is 9.79. The number of benzene rings is 1. The maximum atomic E-state index is 13.4. The van der Waals surface area contributed by atoms with E-state index in [1.807, 2.05) is 4.72 Å². The molecule has 0 fully saturated rings. The minimum atomic E-state index is -3.82. The van der Waals surface area contributed by atoms with E-state index in [9.17, 15) is 22.9 Å². The lowest BCUT2D eigenvalue weighted by molar-refractivity contribution is -0.384. The number of rotatable bonds is 4. The predicted molar refractivity (Wildman–Crippen MR) is 60.7 cm³/mol. The molecule has 1 rings (SSSR count). The molecule has 0 saturated carbocycles. The summed E-state index contributed by atoms with van der Waals surface area (Å²) in [7, 11) is -3.82. The second-order valence-electron chi connectivity index (χ2n) is 3.59. The fourth-order valence-corrected chi connectivity index (χ4v) is 1.75. The van der Waals surface area contributed by atoms with E-state index in [1.54, 1.807) is 0 Å². The van der Waals surface area contributed by atoms with Crippen LogP contribution in [0.5, 0.6) is 0 Å².